The van der Waals surface area contributed by atoms with Gasteiger partial charge in [0.05, 0.1) is 14.7 Å². The van der Waals surface area contributed by atoms with E-state index in [2.05, 4.69) is 4.98 Å². The molecule has 0 amide bonds. The predicted molar refractivity (Wildman–Crippen MR) is 92.4 cm³/mol. The molecule has 2 N–H and O–H groups in total. The van der Waals surface area contributed by atoms with Gasteiger partial charge in [0.15, 0.2) is 0 Å². The molecule has 25 heavy (non-hydrogen) atoms. The minimum atomic E-state index is -3.99. The lowest BCUT2D eigenvalue weighted by molar-refractivity contribution is 0.593. The fourth-order valence-corrected chi connectivity index (χ4v) is 4.97. The highest BCUT2D eigenvalue weighted by Crippen LogP contribution is 2.28. The van der Waals surface area contributed by atoms with Gasteiger partial charge in [0.25, 0.3) is 0 Å². The maximum absolute atomic E-state index is 12.8. The van der Waals surface area contributed by atoms with Gasteiger partial charge in [-0.2, -0.15) is 0 Å². The van der Waals surface area contributed by atoms with Crippen molar-refractivity contribution >= 4 is 25.5 Å². The van der Waals surface area contributed by atoms with Crippen molar-refractivity contribution in [3.05, 3.63) is 72.9 Å². The molecule has 0 aliphatic rings. The molecule has 3 aromatic rings. The van der Waals surface area contributed by atoms with E-state index >= 15 is 0 Å². The lowest BCUT2D eigenvalue weighted by Gasteiger charge is -2.10. The Hall–Kier alpha value is -2.71. The second kappa shape index (κ2) is 6.30. The molecule has 1 heterocycles. The lowest BCUT2D eigenvalue weighted by Crippen LogP contribution is -2.10. The van der Waals surface area contributed by atoms with Crippen LogP contribution in [0, 0.1) is 0 Å². The third-order valence-corrected chi connectivity index (χ3v) is 7.10. The van der Waals surface area contributed by atoms with E-state index in [9.17, 15) is 16.8 Å². The zero-order valence-corrected chi connectivity index (χ0v) is 14.5. The number of hydrogen-bond donors (Lipinski definition) is 1. The van der Waals surface area contributed by atoms with Crippen molar-refractivity contribution < 1.29 is 16.8 Å². The molecule has 0 radical (unpaired) electrons. The summed E-state index contributed by atoms with van der Waals surface area (Å²) in [6, 6.07) is 16.4. The van der Waals surface area contributed by atoms with Crippen LogP contribution in [0.2, 0.25) is 0 Å². The molecule has 8 heteroatoms. The van der Waals surface area contributed by atoms with Crippen LogP contribution in [0.15, 0.2) is 92.5 Å². The van der Waals surface area contributed by atoms with Crippen molar-refractivity contribution in [1.29, 1.82) is 0 Å². The first kappa shape index (κ1) is 17.1. The number of nitrogens with two attached hydrogens (primary N) is 1. The van der Waals surface area contributed by atoms with Crippen LogP contribution < -0.4 is 5.73 Å². The van der Waals surface area contributed by atoms with Gasteiger partial charge < -0.3 is 5.73 Å². The maximum atomic E-state index is 12.8. The number of hydrogen-bond acceptors (Lipinski definition) is 6. The number of nitrogens with zero attached hydrogens (tertiary/aromatic N) is 1. The van der Waals surface area contributed by atoms with Gasteiger partial charge in [0, 0.05) is 6.20 Å². The molecule has 2 aromatic carbocycles. The van der Waals surface area contributed by atoms with E-state index in [4.69, 9.17) is 5.73 Å². The summed E-state index contributed by atoms with van der Waals surface area (Å²) in [4.78, 5) is 3.27. The Labute approximate surface area is 145 Å². The summed E-state index contributed by atoms with van der Waals surface area (Å²) in [5.41, 5.74) is 5.71. The van der Waals surface area contributed by atoms with E-state index in [0.717, 1.165) is 12.3 Å². The van der Waals surface area contributed by atoms with Gasteiger partial charge in [-0.3, -0.25) is 0 Å². The monoisotopic (exact) mass is 374 g/mol. The number of nitrogen functional groups attached to an aromatic ring is 1. The molecule has 3 rings (SSSR count). The van der Waals surface area contributed by atoms with Crippen LogP contribution in [0.25, 0.3) is 0 Å². The van der Waals surface area contributed by atoms with Crippen LogP contribution in [-0.4, -0.2) is 21.8 Å². The molecule has 0 saturated heterocycles. The summed E-state index contributed by atoms with van der Waals surface area (Å²) >= 11 is 0. The Morgan fingerprint density at radius 3 is 1.68 bits per heavy atom. The first-order valence-electron chi connectivity index (χ1n) is 7.19. The van der Waals surface area contributed by atoms with Gasteiger partial charge in [-0.15, -0.1) is 0 Å². The number of rotatable bonds is 4. The Morgan fingerprint density at radius 2 is 1.16 bits per heavy atom. The molecule has 0 spiro atoms. The maximum Gasteiger partial charge on any atom is 0.210 e. The van der Waals surface area contributed by atoms with E-state index in [-0.39, 0.29) is 25.4 Å². The molecule has 0 bridgehead atoms. The number of sulfone groups is 2. The van der Waals surface area contributed by atoms with Crippen LogP contribution in [0.4, 0.5) is 5.82 Å². The van der Waals surface area contributed by atoms with Crippen molar-refractivity contribution in [2.75, 3.05) is 5.73 Å². The topological polar surface area (TPSA) is 107 Å². The van der Waals surface area contributed by atoms with E-state index in [0.29, 0.717) is 0 Å². The molecule has 0 atom stereocenters. The van der Waals surface area contributed by atoms with E-state index in [1.165, 1.54) is 24.3 Å². The Morgan fingerprint density at radius 1 is 0.680 bits per heavy atom. The Balaban J connectivity index is 2.18. The molecule has 6 nitrogen and oxygen atoms in total. The third kappa shape index (κ3) is 3.13. The molecule has 0 aliphatic heterocycles. The fraction of sp³-hybridized carbons (Fsp3) is 0. The van der Waals surface area contributed by atoms with Crippen molar-refractivity contribution in [3.63, 3.8) is 0 Å². The second-order valence-corrected chi connectivity index (χ2v) is 9.06. The highest BCUT2D eigenvalue weighted by atomic mass is 32.2. The normalized spacial score (nSPS) is 12.0. The fourth-order valence-electron chi connectivity index (χ4n) is 2.26. The Bertz CT molecular complexity index is 1110. The zero-order chi connectivity index (χ0) is 18.1. The minimum Gasteiger partial charge on any atom is -0.383 e. The highest BCUT2D eigenvalue weighted by Gasteiger charge is 2.25. The molecule has 0 saturated carbocycles. The van der Waals surface area contributed by atoms with Crippen molar-refractivity contribution in [1.82, 2.24) is 4.98 Å². The number of pyridine rings is 1. The molecule has 1 aromatic heterocycles. The molecule has 128 valence electrons. The zero-order valence-electron chi connectivity index (χ0n) is 12.9. The van der Waals surface area contributed by atoms with Gasteiger partial charge in [-0.1, -0.05) is 36.4 Å². The standard InChI is InChI=1S/C17H14N2O4S2/c18-17-16(25(22,23)14-9-5-2-6-10-14)11-15(12-19-17)24(20,21)13-7-3-1-4-8-13/h1-12H,(H2,18,19). The molecule has 0 fully saturated rings. The van der Waals surface area contributed by atoms with Gasteiger partial charge in [0.1, 0.15) is 10.7 Å². The van der Waals surface area contributed by atoms with Crippen molar-refractivity contribution in [3.8, 4) is 0 Å². The predicted octanol–water partition coefficient (Wildman–Crippen LogP) is 2.33. The average molecular weight is 374 g/mol. The quantitative estimate of drug-likeness (QED) is 0.751. The summed E-state index contributed by atoms with van der Waals surface area (Å²) in [5, 5.41) is 0. The summed E-state index contributed by atoms with van der Waals surface area (Å²) in [6.07, 6.45) is 1.06. The lowest BCUT2D eigenvalue weighted by atomic mass is 10.4. The Kier molecular flexibility index (Phi) is 4.32. The SMILES string of the molecule is Nc1ncc(S(=O)(=O)c2ccccc2)cc1S(=O)(=O)c1ccccc1. The average Bonchev–Trinajstić information content (AvgIpc) is 2.63. The number of aromatic nitrogens is 1. The van der Waals surface area contributed by atoms with Gasteiger partial charge in [0.2, 0.25) is 19.7 Å². The summed E-state index contributed by atoms with van der Waals surface area (Å²) in [5.74, 6) is -0.254. The summed E-state index contributed by atoms with van der Waals surface area (Å²) in [7, 11) is -7.89. The molecule has 0 unspecified atom stereocenters. The van der Waals surface area contributed by atoms with E-state index < -0.39 is 19.7 Å². The van der Waals surface area contributed by atoms with Gasteiger partial charge in [-0.25, -0.2) is 21.8 Å². The van der Waals surface area contributed by atoms with Crippen LogP contribution in [0.5, 0.6) is 0 Å². The first-order valence-corrected chi connectivity index (χ1v) is 10.2. The molecular formula is C17H14N2O4S2. The van der Waals surface area contributed by atoms with E-state index in [1.807, 2.05) is 0 Å². The first-order chi connectivity index (χ1) is 11.8. The van der Waals surface area contributed by atoms with Crippen LogP contribution >= 0.6 is 0 Å². The third-order valence-electron chi connectivity index (χ3n) is 3.56. The van der Waals surface area contributed by atoms with Crippen molar-refractivity contribution in [2.45, 2.75) is 19.6 Å². The summed E-state index contributed by atoms with van der Waals surface area (Å²) in [6.45, 7) is 0. The van der Waals surface area contributed by atoms with E-state index in [1.54, 1.807) is 36.4 Å². The van der Waals surface area contributed by atoms with Crippen molar-refractivity contribution in [2.24, 2.45) is 0 Å². The number of anilines is 1. The van der Waals surface area contributed by atoms with Crippen LogP contribution in [0.1, 0.15) is 0 Å². The largest absolute Gasteiger partial charge is 0.383 e. The molecular weight excluding hydrogens is 360 g/mol. The minimum absolute atomic E-state index is 0.0118. The second-order valence-electron chi connectivity index (χ2n) is 5.19. The van der Waals surface area contributed by atoms with Gasteiger partial charge in [-0.05, 0) is 30.3 Å². The van der Waals surface area contributed by atoms with Gasteiger partial charge >= 0.3 is 0 Å². The molecule has 0 aliphatic carbocycles. The van der Waals surface area contributed by atoms with Crippen LogP contribution in [0.3, 0.4) is 0 Å². The number of benzene rings is 2. The van der Waals surface area contributed by atoms with Crippen LogP contribution in [-0.2, 0) is 19.7 Å². The summed E-state index contributed by atoms with van der Waals surface area (Å²) < 4.78 is 50.9. The highest BCUT2D eigenvalue weighted by molar-refractivity contribution is 7.92. The smallest absolute Gasteiger partial charge is 0.210 e.